The zero-order valence-electron chi connectivity index (χ0n) is 38.1. The molecule has 56 heavy (non-hydrogen) atoms. The molecule has 0 spiro atoms. The van der Waals surface area contributed by atoms with Gasteiger partial charge in [0.05, 0.1) is 0 Å². The van der Waals surface area contributed by atoms with Crippen molar-refractivity contribution in [2.24, 2.45) is 0 Å². The topological polar surface area (TPSA) is 0 Å². The SMILES string of the molecule is C[Si](C)(C)C(c1cc(C([Si](C)(C)C)[Si](C)(C)C)c([Se]P(Cl)C23c4ccccc4C(c4ccccc42)c2ccccc23)c(C([Si](C)(C)C)[Si](C)(C)C)c1)[Si](C)(C)C. The van der Waals surface area contributed by atoms with E-state index < -0.39 is 54.4 Å². The number of hydrogen-bond acceptors (Lipinski definition) is 0. The van der Waals surface area contributed by atoms with Gasteiger partial charge in [0.2, 0.25) is 0 Å². The third kappa shape index (κ3) is 7.89. The van der Waals surface area contributed by atoms with E-state index in [-0.39, 0.29) is 25.6 Å². The van der Waals surface area contributed by atoms with Crippen LogP contribution in [0, 0.1) is 0 Å². The zero-order chi connectivity index (χ0) is 41.8. The molecule has 0 aliphatic heterocycles. The molecule has 0 nitrogen and oxygen atoms in total. The molecule has 3 aliphatic rings. The van der Waals surface area contributed by atoms with Crippen molar-refractivity contribution in [1.82, 2.24) is 0 Å². The summed E-state index contributed by atoms with van der Waals surface area (Å²) in [6.45, 7) is 48.3. The monoisotopic (exact) mass is 950 g/mol. The third-order valence-corrected chi connectivity index (χ3v) is 48.9. The molecule has 3 aliphatic carbocycles. The molecule has 1 atom stereocenters. The molecule has 2 bridgehead atoms. The van der Waals surface area contributed by atoms with Crippen molar-refractivity contribution in [1.29, 1.82) is 0 Å². The predicted molar refractivity (Wildman–Crippen MR) is 273 cm³/mol. The summed E-state index contributed by atoms with van der Waals surface area (Å²) in [5, 5.41) is 1.68. The Balaban J connectivity index is 1.77. The van der Waals surface area contributed by atoms with E-state index in [1.807, 2.05) is 0 Å². The Bertz CT molecular complexity index is 1900. The van der Waals surface area contributed by atoms with Crippen LogP contribution in [0.1, 0.15) is 71.5 Å². The fraction of sp³-hybridized carbons (Fsp3) is 0.489. The molecule has 0 fully saturated rings. The van der Waals surface area contributed by atoms with Gasteiger partial charge in [-0.15, -0.1) is 0 Å². The molecule has 302 valence electrons. The van der Waals surface area contributed by atoms with E-state index in [2.05, 4.69) is 203 Å². The fourth-order valence-corrected chi connectivity index (χ4v) is 61.2. The molecule has 0 N–H and O–H groups in total. The fourth-order valence-electron chi connectivity index (χ4n) is 12.8. The molecule has 0 radical (unpaired) electrons. The Morgan fingerprint density at radius 2 is 0.750 bits per heavy atom. The van der Waals surface area contributed by atoms with Gasteiger partial charge in [-0.1, -0.05) is 0 Å². The minimum atomic E-state index is -1.69. The first-order valence-electron chi connectivity index (χ1n) is 21.1. The molecule has 4 aromatic carbocycles. The standard InChI is InChI=1S/C47H72ClPSeSi6/c1-51(2,3)44(52(4,5)6)33-31-37(45(53(7,8)9)54(10,11)12)43(38(32-33)46(55(13,14)15)56(16,17)18)50-49(48)47-39-28-22-19-25-34(39)42(35-26-20-23-29-40(35)47)36-27-21-24-30-41(36)47/h19-32,42,44-46H,1-18H3. The van der Waals surface area contributed by atoms with Gasteiger partial charge in [0, 0.05) is 0 Å². The Morgan fingerprint density at radius 3 is 1.04 bits per heavy atom. The van der Waals surface area contributed by atoms with E-state index in [4.69, 9.17) is 11.2 Å². The molecule has 4 aromatic rings. The minimum absolute atomic E-state index is 0.0561. The second kappa shape index (κ2) is 15.1. The molecule has 0 amide bonds. The molecule has 0 heterocycles. The van der Waals surface area contributed by atoms with Crippen LogP contribution in [0.5, 0.6) is 0 Å². The quantitative estimate of drug-likeness (QED) is 0.0981. The van der Waals surface area contributed by atoms with Crippen molar-refractivity contribution >= 4 is 84.6 Å². The summed E-state index contributed by atoms with van der Waals surface area (Å²) < 4.78 is 1.74. The van der Waals surface area contributed by atoms with Crippen molar-refractivity contribution in [3.05, 3.63) is 135 Å². The summed E-state index contributed by atoms with van der Waals surface area (Å²) >= 11 is 8.72. The van der Waals surface area contributed by atoms with Gasteiger partial charge in [-0.3, -0.25) is 0 Å². The molecule has 1 unspecified atom stereocenters. The number of rotatable bonds is 12. The van der Waals surface area contributed by atoms with Gasteiger partial charge in [-0.25, -0.2) is 0 Å². The summed E-state index contributed by atoms with van der Waals surface area (Å²) in [6.07, 6.45) is 0. The van der Waals surface area contributed by atoms with Crippen LogP contribution < -0.4 is 4.46 Å². The molecular weight excluding hydrogens is 878 g/mol. The third-order valence-electron chi connectivity index (χ3n) is 12.7. The molecule has 9 heteroatoms. The maximum absolute atomic E-state index is 8.67. The van der Waals surface area contributed by atoms with Crippen LogP contribution in [0.3, 0.4) is 0 Å². The maximum atomic E-state index is 8.67. The van der Waals surface area contributed by atoms with Gasteiger partial charge in [-0.2, -0.15) is 0 Å². The molecule has 0 saturated carbocycles. The van der Waals surface area contributed by atoms with Crippen molar-refractivity contribution in [2.75, 3.05) is 0 Å². The Hall–Kier alpha value is -0.579. The average molecular weight is 951 g/mol. The van der Waals surface area contributed by atoms with Gasteiger partial charge in [0.15, 0.2) is 0 Å². The second-order valence-electron chi connectivity index (χ2n) is 23.8. The van der Waals surface area contributed by atoms with E-state index in [9.17, 15) is 0 Å². The van der Waals surface area contributed by atoms with E-state index in [0.717, 1.165) is 0 Å². The summed E-state index contributed by atoms with van der Waals surface area (Å²) in [5.41, 5.74) is 14.1. The van der Waals surface area contributed by atoms with Crippen molar-refractivity contribution < 1.29 is 0 Å². The van der Waals surface area contributed by atoms with E-state index >= 15 is 0 Å². The van der Waals surface area contributed by atoms with Crippen LogP contribution in [0.4, 0.5) is 0 Å². The van der Waals surface area contributed by atoms with Gasteiger partial charge in [-0.05, 0) is 0 Å². The number of halogens is 1. The van der Waals surface area contributed by atoms with Crippen LogP contribution in [-0.2, 0) is 5.16 Å². The number of hydrogen-bond donors (Lipinski definition) is 0. The van der Waals surface area contributed by atoms with Crippen LogP contribution >= 0.6 is 17.2 Å². The molecule has 0 aromatic heterocycles. The van der Waals surface area contributed by atoms with Crippen molar-refractivity contribution in [3.63, 3.8) is 0 Å². The van der Waals surface area contributed by atoms with E-state index in [1.165, 1.54) is 33.4 Å². The summed E-state index contributed by atoms with van der Waals surface area (Å²) in [7, 11) is -9.94. The zero-order valence-corrected chi connectivity index (χ0v) is 47.5. The normalized spacial score (nSPS) is 19.4. The summed E-state index contributed by atoms with van der Waals surface area (Å²) in [5.74, 6) is -0.795. The Labute approximate surface area is 361 Å². The van der Waals surface area contributed by atoms with Gasteiger partial charge < -0.3 is 0 Å². The first kappa shape index (κ1) is 45.0. The van der Waals surface area contributed by atoms with Crippen LogP contribution in [0.25, 0.3) is 0 Å². The van der Waals surface area contributed by atoms with Crippen LogP contribution in [-0.4, -0.2) is 63.0 Å². The first-order valence-corrected chi connectivity index (χ1v) is 47.9. The molecule has 0 saturated heterocycles. The predicted octanol–water partition coefficient (Wildman–Crippen LogP) is 14.9. The van der Waals surface area contributed by atoms with Crippen molar-refractivity contribution in [3.8, 4) is 0 Å². The van der Waals surface area contributed by atoms with Gasteiger partial charge >= 0.3 is 364 Å². The first-order chi connectivity index (χ1) is 25.5. The van der Waals surface area contributed by atoms with E-state index in [1.54, 1.807) is 21.2 Å². The summed E-state index contributed by atoms with van der Waals surface area (Å²) in [6, 6.07) is 34.1. The van der Waals surface area contributed by atoms with Gasteiger partial charge in [0.1, 0.15) is 0 Å². The van der Waals surface area contributed by atoms with Crippen LogP contribution in [0.2, 0.25) is 118 Å². The second-order valence-corrected chi connectivity index (χ2v) is 65.4. The summed E-state index contributed by atoms with van der Waals surface area (Å²) in [4.78, 5) is 0. The van der Waals surface area contributed by atoms with Crippen molar-refractivity contribution in [2.45, 2.75) is 144 Å². The number of benzene rings is 4. The Morgan fingerprint density at radius 1 is 0.464 bits per heavy atom. The van der Waals surface area contributed by atoms with Gasteiger partial charge in [0.25, 0.3) is 0 Å². The Kier molecular flexibility index (Phi) is 12.1. The van der Waals surface area contributed by atoms with E-state index in [0.29, 0.717) is 15.5 Å². The average Bonchev–Trinajstić information content (AvgIpc) is 3.02. The molecular formula is C47H72ClPSeSi6. The van der Waals surface area contributed by atoms with Crippen LogP contribution in [0.15, 0.2) is 84.9 Å². The molecule has 7 rings (SSSR count).